The summed E-state index contributed by atoms with van der Waals surface area (Å²) in [5.41, 5.74) is 4.62. The quantitative estimate of drug-likeness (QED) is 0.446. The number of hydrogen-bond acceptors (Lipinski definition) is 4. The van der Waals surface area contributed by atoms with E-state index in [1.807, 2.05) is 12.3 Å². The fraction of sp³-hybridized carbons (Fsp3) is 0. The number of hydrogen-bond donors (Lipinski definition) is 1. The predicted octanol–water partition coefficient (Wildman–Crippen LogP) is 5.32. The molecule has 26 heavy (non-hydrogen) atoms. The highest BCUT2D eigenvalue weighted by Crippen LogP contribution is 2.38. The van der Waals surface area contributed by atoms with Gasteiger partial charge in [0.1, 0.15) is 0 Å². The van der Waals surface area contributed by atoms with Crippen LogP contribution in [0.15, 0.2) is 67.1 Å². The number of carbonyl (C=O) groups is 1. The molecule has 5 aromatic rings. The maximum atomic E-state index is 11.1. The van der Waals surface area contributed by atoms with Crippen molar-refractivity contribution < 1.29 is 4.79 Å². The Kier molecular flexibility index (Phi) is 3.40. The van der Waals surface area contributed by atoms with Crippen LogP contribution in [0.1, 0.15) is 10.4 Å². The number of nitrogens with one attached hydrogen (secondary N) is 1. The SMILES string of the molecule is O=Cc1cncc(-c2cc(-c3cc4ccccc4s3)c3[nH]ncc3c2)c1. The molecular formula is C21H13N3OS. The molecule has 0 radical (unpaired) electrons. The third-order valence-corrected chi connectivity index (χ3v) is 5.62. The molecular weight excluding hydrogens is 342 g/mol. The van der Waals surface area contributed by atoms with Crippen LogP contribution in [0.2, 0.25) is 0 Å². The summed E-state index contributed by atoms with van der Waals surface area (Å²) < 4.78 is 1.25. The number of nitrogens with zero attached hydrogens (tertiary/aromatic N) is 2. The van der Waals surface area contributed by atoms with Crippen molar-refractivity contribution in [1.82, 2.24) is 15.2 Å². The van der Waals surface area contributed by atoms with E-state index >= 15 is 0 Å². The Balaban J connectivity index is 1.76. The van der Waals surface area contributed by atoms with Gasteiger partial charge in [-0.05, 0) is 41.3 Å². The number of pyridine rings is 1. The highest BCUT2D eigenvalue weighted by Gasteiger charge is 2.12. The molecule has 0 spiro atoms. The fourth-order valence-electron chi connectivity index (χ4n) is 3.21. The predicted molar refractivity (Wildman–Crippen MR) is 106 cm³/mol. The number of H-pyrrole nitrogens is 1. The lowest BCUT2D eigenvalue weighted by Gasteiger charge is -2.07. The van der Waals surface area contributed by atoms with E-state index in [4.69, 9.17) is 0 Å². The summed E-state index contributed by atoms with van der Waals surface area (Å²) in [4.78, 5) is 16.5. The zero-order valence-corrected chi connectivity index (χ0v) is 14.5. The molecule has 3 aromatic heterocycles. The van der Waals surface area contributed by atoms with Crippen molar-refractivity contribution in [3.63, 3.8) is 0 Å². The molecule has 0 saturated carbocycles. The number of benzene rings is 2. The van der Waals surface area contributed by atoms with Gasteiger partial charge in [0.2, 0.25) is 0 Å². The van der Waals surface area contributed by atoms with Crippen LogP contribution in [-0.2, 0) is 0 Å². The van der Waals surface area contributed by atoms with Crippen molar-refractivity contribution in [3.05, 3.63) is 72.7 Å². The van der Waals surface area contributed by atoms with Gasteiger partial charge in [-0.1, -0.05) is 18.2 Å². The van der Waals surface area contributed by atoms with Crippen LogP contribution in [-0.4, -0.2) is 21.5 Å². The molecule has 3 heterocycles. The monoisotopic (exact) mass is 355 g/mol. The number of aldehydes is 1. The van der Waals surface area contributed by atoms with Crippen molar-refractivity contribution >= 4 is 38.6 Å². The van der Waals surface area contributed by atoms with Gasteiger partial charge in [-0.15, -0.1) is 11.3 Å². The van der Waals surface area contributed by atoms with Gasteiger partial charge in [-0.3, -0.25) is 14.9 Å². The molecule has 0 fully saturated rings. The van der Waals surface area contributed by atoms with Crippen molar-refractivity contribution in [2.45, 2.75) is 0 Å². The van der Waals surface area contributed by atoms with Crippen LogP contribution in [0.3, 0.4) is 0 Å². The Morgan fingerprint density at radius 1 is 0.923 bits per heavy atom. The zero-order valence-electron chi connectivity index (χ0n) is 13.6. The maximum Gasteiger partial charge on any atom is 0.151 e. The first-order valence-electron chi connectivity index (χ1n) is 8.18. The largest absolute Gasteiger partial charge is 0.298 e. The third-order valence-electron chi connectivity index (χ3n) is 4.47. The van der Waals surface area contributed by atoms with E-state index in [0.29, 0.717) is 5.56 Å². The second-order valence-electron chi connectivity index (χ2n) is 6.13. The molecule has 0 atom stereocenters. The standard InChI is InChI=1S/C21H13N3OS/c25-12-13-5-16(10-22-9-13)15-6-17-11-23-24-21(17)18(7-15)20-8-14-3-1-2-4-19(14)26-20/h1-12H,(H,23,24). The number of carbonyl (C=O) groups excluding carboxylic acids is 1. The van der Waals surface area contributed by atoms with Crippen LogP contribution in [0, 0.1) is 0 Å². The Hall–Kier alpha value is -3.31. The van der Waals surface area contributed by atoms with Crippen LogP contribution < -0.4 is 0 Å². The van der Waals surface area contributed by atoms with Gasteiger partial charge in [0.05, 0.1) is 11.7 Å². The van der Waals surface area contributed by atoms with E-state index in [1.165, 1.54) is 15.0 Å². The number of thiophene rings is 1. The van der Waals surface area contributed by atoms with Gasteiger partial charge >= 0.3 is 0 Å². The molecule has 0 amide bonds. The Morgan fingerprint density at radius 2 is 1.85 bits per heavy atom. The summed E-state index contributed by atoms with van der Waals surface area (Å²) in [7, 11) is 0. The van der Waals surface area contributed by atoms with E-state index in [1.54, 1.807) is 23.7 Å². The summed E-state index contributed by atoms with van der Waals surface area (Å²) in [6.07, 6.45) is 6.00. The third kappa shape index (κ3) is 2.41. The van der Waals surface area contributed by atoms with Gasteiger partial charge in [0.25, 0.3) is 0 Å². The summed E-state index contributed by atoms with van der Waals surface area (Å²) in [6.45, 7) is 0. The Morgan fingerprint density at radius 3 is 2.73 bits per heavy atom. The molecule has 4 nitrogen and oxygen atoms in total. The van der Waals surface area contributed by atoms with Gasteiger partial charge in [-0.25, -0.2) is 0 Å². The van der Waals surface area contributed by atoms with Crippen molar-refractivity contribution in [3.8, 4) is 21.6 Å². The zero-order chi connectivity index (χ0) is 17.5. The average molecular weight is 355 g/mol. The molecule has 2 aromatic carbocycles. The van der Waals surface area contributed by atoms with E-state index in [9.17, 15) is 4.79 Å². The van der Waals surface area contributed by atoms with Crippen molar-refractivity contribution in [1.29, 1.82) is 0 Å². The second-order valence-corrected chi connectivity index (χ2v) is 7.22. The lowest BCUT2D eigenvalue weighted by molar-refractivity contribution is 0.112. The molecule has 124 valence electrons. The fourth-order valence-corrected chi connectivity index (χ4v) is 4.30. The van der Waals surface area contributed by atoms with E-state index in [-0.39, 0.29) is 0 Å². The summed E-state index contributed by atoms with van der Waals surface area (Å²) >= 11 is 1.76. The molecule has 0 unspecified atom stereocenters. The first-order chi connectivity index (χ1) is 12.8. The van der Waals surface area contributed by atoms with Crippen LogP contribution in [0.4, 0.5) is 0 Å². The number of fused-ring (bicyclic) bond motifs is 2. The van der Waals surface area contributed by atoms with Gasteiger partial charge in [-0.2, -0.15) is 5.10 Å². The number of aromatic amines is 1. The van der Waals surface area contributed by atoms with Crippen LogP contribution in [0.5, 0.6) is 0 Å². The van der Waals surface area contributed by atoms with Gasteiger partial charge in [0.15, 0.2) is 6.29 Å². The minimum atomic E-state index is 0.568. The molecule has 0 aliphatic rings. The Bertz CT molecular complexity index is 1240. The normalized spacial score (nSPS) is 11.2. The highest BCUT2D eigenvalue weighted by atomic mass is 32.1. The van der Waals surface area contributed by atoms with Crippen molar-refractivity contribution in [2.24, 2.45) is 0 Å². The van der Waals surface area contributed by atoms with Crippen LogP contribution in [0.25, 0.3) is 42.6 Å². The Labute approximate surface area is 153 Å². The first kappa shape index (κ1) is 15.0. The maximum absolute atomic E-state index is 11.1. The van der Waals surface area contributed by atoms with E-state index in [2.05, 4.69) is 57.6 Å². The minimum absolute atomic E-state index is 0.568. The molecule has 5 rings (SSSR count). The summed E-state index contributed by atoms with van der Waals surface area (Å²) in [5, 5.41) is 9.60. The molecule has 0 aliphatic heterocycles. The summed E-state index contributed by atoms with van der Waals surface area (Å²) in [6, 6.07) is 16.6. The average Bonchev–Trinajstić information content (AvgIpc) is 3.33. The summed E-state index contributed by atoms with van der Waals surface area (Å²) in [5.74, 6) is 0. The minimum Gasteiger partial charge on any atom is -0.298 e. The van der Waals surface area contributed by atoms with Gasteiger partial charge < -0.3 is 0 Å². The first-order valence-corrected chi connectivity index (χ1v) is 9.00. The van der Waals surface area contributed by atoms with E-state index in [0.717, 1.165) is 33.9 Å². The molecule has 5 heteroatoms. The lowest BCUT2D eigenvalue weighted by Crippen LogP contribution is -1.87. The lowest BCUT2D eigenvalue weighted by atomic mass is 10.00. The molecule has 0 saturated heterocycles. The van der Waals surface area contributed by atoms with Crippen molar-refractivity contribution in [2.75, 3.05) is 0 Å². The van der Waals surface area contributed by atoms with E-state index < -0.39 is 0 Å². The number of aromatic nitrogens is 3. The second kappa shape index (κ2) is 5.89. The van der Waals surface area contributed by atoms with Gasteiger partial charge in [0, 0.05) is 44.0 Å². The highest BCUT2D eigenvalue weighted by molar-refractivity contribution is 7.22. The van der Waals surface area contributed by atoms with Crippen LogP contribution >= 0.6 is 11.3 Å². The molecule has 0 bridgehead atoms. The number of rotatable bonds is 3. The molecule has 0 aliphatic carbocycles. The molecule has 1 N–H and O–H groups in total. The smallest absolute Gasteiger partial charge is 0.151 e. The topological polar surface area (TPSA) is 58.6 Å².